The molecule has 0 N–H and O–H groups in total. The minimum atomic E-state index is -0.793. The smallest absolute Gasteiger partial charge is 0.274 e. The Morgan fingerprint density at radius 3 is 1.83 bits per heavy atom. The Morgan fingerprint density at radius 1 is 0.833 bits per heavy atom. The summed E-state index contributed by atoms with van der Waals surface area (Å²) in [5, 5.41) is 2.24. The maximum atomic E-state index is 13.2. The first kappa shape index (κ1) is 22.6. The number of benzene rings is 2. The predicted molar refractivity (Wildman–Crippen MR) is 114 cm³/mol. The number of Topliss-reactive ketones (excluding diaryl/α,β-unsaturated/α-hetero) is 1. The van der Waals surface area contributed by atoms with Crippen molar-refractivity contribution < 1.29 is 19.2 Å². The fourth-order valence-electron chi connectivity index (χ4n) is 2.98. The first-order chi connectivity index (χ1) is 14.2. The maximum absolute atomic E-state index is 13.2. The van der Waals surface area contributed by atoms with Crippen molar-refractivity contribution in [1.82, 2.24) is 10.0 Å². The average molecular weight is 488 g/mol. The summed E-state index contributed by atoms with van der Waals surface area (Å²) in [6, 6.07) is 8.42. The molecule has 1 aliphatic rings. The van der Waals surface area contributed by atoms with E-state index in [2.05, 4.69) is 0 Å². The number of piperidine rings is 1. The molecule has 6 nitrogen and oxygen atoms in total. The summed E-state index contributed by atoms with van der Waals surface area (Å²) in [6.07, 6.45) is 0.508. The molecule has 0 atom stereocenters. The largest absolute Gasteiger partial charge is 0.292 e. The third-order valence-corrected chi connectivity index (χ3v) is 5.51. The molecule has 2 aromatic carbocycles. The van der Waals surface area contributed by atoms with Crippen molar-refractivity contribution >= 4 is 69.9 Å². The number of hydrazine groups is 1. The van der Waals surface area contributed by atoms with E-state index in [1.165, 1.54) is 36.4 Å². The molecule has 0 saturated carbocycles. The number of amides is 3. The number of hydrogen-bond donors (Lipinski definition) is 0. The van der Waals surface area contributed by atoms with Crippen molar-refractivity contribution in [1.29, 1.82) is 0 Å². The van der Waals surface area contributed by atoms with E-state index < -0.39 is 30.0 Å². The maximum Gasteiger partial charge on any atom is 0.274 e. The Balaban J connectivity index is 2.00. The average Bonchev–Trinajstić information content (AvgIpc) is 2.66. The highest BCUT2D eigenvalue weighted by Gasteiger charge is 2.36. The van der Waals surface area contributed by atoms with Crippen LogP contribution in [-0.4, -0.2) is 40.1 Å². The summed E-state index contributed by atoms with van der Waals surface area (Å²) < 4.78 is 0. The first-order valence-electron chi connectivity index (χ1n) is 8.80. The van der Waals surface area contributed by atoms with Gasteiger partial charge in [-0.15, -0.1) is 0 Å². The topological polar surface area (TPSA) is 74.8 Å². The third-order valence-electron chi connectivity index (χ3n) is 4.42. The lowest BCUT2D eigenvalue weighted by atomic mass is 10.1. The summed E-state index contributed by atoms with van der Waals surface area (Å²) >= 11 is 24.0. The number of carbonyl (C=O) groups is 4. The van der Waals surface area contributed by atoms with Crippen LogP contribution in [0.2, 0.25) is 20.1 Å². The number of ketones is 1. The van der Waals surface area contributed by atoms with Crippen molar-refractivity contribution in [3.8, 4) is 0 Å². The monoisotopic (exact) mass is 486 g/mol. The molecule has 3 rings (SSSR count). The lowest BCUT2D eigenvalue weighted by molar-refractivity contribution is -0.162. The highest BCUT2D eigenvalue weighted by molar-refractivity contribution is 6.37. The third kappa shape index (κ3) is 4.78. The molecule has 0 spiro atoms. The molecule has 0 bridgehead atoms. The summed E-state index contributed by atoms with van der Waals surface area (Å²) in [5.74, 6) is -2.54. The molecule has 1 heterocycles. The Labute approximate surface area is 192 Å². The van der Waals surface area contributed by atoms with Crippen LogP contribution in [0.15, 0.2) is 36.4 Å². The number of carbonyl (C=O) groups excluding carboxylic acids is 4. The minimum absolute atomic E-state index is 0.0118. The van der Waals surface area contributed by atoms with Crippen molar-refractivity contribution in [3.63, 3.8) is 0 Å². The van der Waals surface area contributed by atoms with Gasteiger partial charge >= 0.3 is 0 Å². The highest BCUT2D eigenvalue weighted by Crippen LogP contribution is 2.26. The summed E-state index contributed by atoms with van der Waals surface area (Å²) in [7, 11) is 0. The van der Waals surface area contributed by atoms with E-state index in [9.17, 15) is 19.2 Å². The highest BCUT2D eigenvalue weighted by atomic mass is 35.5. The molecular formula is C20H14Cl4N2O4. The fraction of sp³-hybridized carbons (Fsp3) is 0.200. The van der Waals surface area contributed by atoms with Crippen molar-refractivity contribution in [2.75, 3.05) is 6.54 Å². The molecule has 1 saturated heterocycles. The van der Waals surface area contributed by atoms with E-state index in [1.54, 1.807) is 0 Å². The summed E-state index contributed by atoms with van der Waals surface area (Å²) in [4.78, 5) is 51.0. The van der Waals surface area contributed by atoms with E-state index >= 15 is 0 Å². The molecule has 3 amide bonds. The molecular weight excluding hydrogens is 474 g/mol. The molecule has 0 aliphatic carbocycles. The van der Waals surface area contributed by atoms with Gasteiger partial charge in [0, 0.05) is 28.5 Å². The Morgan fingerprint density at radius 2 is 1.33 bits per heavy atom. The molecule has 0 aromatic heterocycles. The lowest BCUT2D eigenvalue weighted by Gasteiger charge is -2.35. The van der Waals surface area contributed by atoms with Gasteiger partial charge in [0.1, 0.15) is 6.54 Å². The SMILES string of the molecule is O=C(CN(C(=O)c1ccc(Cl)cc1Cl)N1C(=O)CCCC1=O)c1ccc(Cl)cc1Cl. The van der Waals surface area contributed by atoms with E-state index in [4.69, 9.17) is 46.4 Å². The van der Waals surface area contributed by atoms with Gasteiger partial charge in [-0.25, -0.2) is 5.01 Å². The Bertz CT molecular complexity index is 1040. The van der Waals surface area contributed by atoms with E-state index in [1.807, 2.05) is 0 Å². The van der Waals surface area contributed by atoms with Crippen LogP contribution >= 0.6 is 46.4 Å². The van der Waals surface area contributed by atoms with E-state index in [-0.39, 0.29) is 34.0 Å². The van der Waals surface area contributed by atoms with Crippen LogP contribution in [0, 0.1) is 0 Å². The molecule has 1 aliphatic heterocycles. The summed E-state index contributed by atoms with van der Waals surface area (Å²) in [5.41, 5.74) is 0.0835. The van der Waals surface area contributed by atoms with Gasteiger partial charge in [-0.1, -0.05) is 46.4 Å². The minimum Gasteiger partial charge on any atom is -0.292 e. The normalized spacial score (nSPS) is 14.1. The summed E-state index contributed by atoms with van der Waals surface area (Å²) in [6.45, 7) is -0.601. The van der Waals surface area contributed by atoms with Crippen LogP contribution in [0.1, 0.15) is 40.0 Å². The van der Waals surface area contributed by atoms with Crippen LogP contribution in [0.25, 0.3) is 0 Å². The van der Waals surface area contributed by atoms with Gasteiger partial charge in [-0.05, 0) is 42.8 Å². The van der Waals surface area contributed by atoms with Gasteiger partial charge < -0.3 is 0 Å². The zero-order valence-electron chi connectivity index (χ0n) is 15.3. The standard InChI is InChI=1S/C20H14Cl4N2O4/c21-11-4-6-13(15(23)8-11)17(27)10-25(26-18(28)2-1-3-19(26)29)20(30)14-7-5-12(22)9-16(14)24/h4-9H,1-3,10H2. The predicted octanol–water partition coefficient (Wildman–Crippen LogP) is 5.08. The quantitative estimate of drug-likeness (QED) is 0.435. The van der Waals surface area contributed by atoms with Crippen molar-refractivity contribution in [2.24, 2.45) is 0 Å². The lowest BCUT2D eigenvalue weighted by Crippen LogP contribution is -2.56. The number of nitrogens with zero attached hydrogens (tertiary/aromatic N) is 2. The van der Waals surface area contributed by atoms with Gasteiger partial charge in [-0.2, -0.15) is 5.01 Å². The van der Waals surface area contributed by atoms with Gasteiger partial charge in [0.15, 0.2) is 5.78 Å². The molecule has 0 unspecified atom stereocenters. The Hall–Kier alpha value is -2.12. The molecule has 156 valence electrons. The van der Waals surface area contributed by atoms with Crippen LogP contribution in [0.3, 0.4) is 0 Å². The molecule has 2 aromatic rings. The van der Waals surface area contributed by atoms with Crippen LogP contribution < -0.4 is 0 Å². The Kier molecular flexibility index (Phi) is 7.03. The second kappa shape index (κ2) is 9.35. The zero-order valence-corrected chi connectivity index (χ0v) is 18.4. The zero-order chi connectivity index (χ0) is 22.0. The van der Waals surface area contributed by atoms with Crippen LogP contribution in [-0.2, 0) is 9.59 Å². The van der Waals surface area contributed by atoms with Crippen LogP contribution in [0.4, 0.5) is 0 Å². The molecule has 1 fully saturated rings. The van der Waals surface area contributed by atoms with Gasteiger partial charge in [-0.3, -0.25) is 19.2 Å². The fourth-order valence-corrected chi connectivity index (χ4v) is 3.99. The number of halogens is 4. The van der Waals surface area contributed by atoms with Crippen LogP contribution in [0.5, 0.6) is 0 Å². The van der Waals surface area contributed by atoms with Gasteiger partial charge in [0.25, 0.3) is 5.91 Å². The van der Waals surface area contributed by atoms with E-state index in [0.717, 1.165) is 5.01 Å². The van der Waals surface area contributed by atoms with E-state index in [0.29, 0.717) is 21.5 Å². The second-order valence-corrected chi connectivity index (χ2v) is 8.17. The first-order valence-corrected chi connectivity index (χ1v) is 10.3. The van der Waals surface area contributed by atoms with Crippen molar-refractivity contribution in [3.05, 3.63) is 67.6 Å². The van der Waals surface area contributed by atoms with Crippen molar-refractivity contribution in [2.45, 2.75) is 19.3 Å². The molecule has 30 heavy (non-hydrogen) atoms. The van der Waals surface area contributed by atoms with Gasteiger partial charge in [0.2, 0.25) is 11.8 Å². The molecule has 10 heteroatoms. The van der Waals surface area contributed by atoms with Gasteiger partial charge in [0.05, 0.1) is 15.6 Å². The second-order valence-electron chi connectivity index (χ2n) is 6.49. The number of imide groups is 1. The molecule has 0 radical (unpaired) electrons. The number of hydrogen-bond acceptors (Lipinski definition) is 4. The number of rotatable bonds is 5.